The Labute approximate surface area is 77.6 Å². The third-order valence-corrected chi connectivity index (χ3v) is 2.01. The molecule has 1 aliphatic rings. The van der Waals surface area contributed by atoms with Crippen molar-refractivity contribution in [3.05, 3.63) is 12.7 Å². The summed E-state index contributed by atoms with van der Waals surface area (Å²) >= 11 is 0. The molecule has 1 heterocycles. The van der Waals surface area contributed by atoms with E-state index >= 15 is 0 Å². The topological polar surface area (TPSA) is 49.4 Å². The lowest BCUT2D eigenvalue weighted by Gasteiger charge is -2.25. The van der Waals surface area contributed by atoms with Crippen LogP contribution < -0.4 is 5.32 Å². The van der Waals surface area contributed by atoms with Gasteiger partial charge in [0.1, 0.15) is 5.78 Å². The molecule has 0 aromatic heterocycles. The molecule has 0 radical (unpaired) electrons. The Balaban J connectivity index is 2.31. The molecule has 1 aliphatic heterocycles. The Morgan fingerprint density at radius 3 is 2.69 bits per heavy atom. The highest BCUT2D eigenvalue weighted by Gasteiger charge is 2.19. The maximum atomic E-state index is 11.3. The zero-order valence-corrected chi connectivity index (χ0v) is 7.58. The van der Waals surface area contributed by atoms with Crippen molar-refractivity contribution < 1.29 is 9.59 Å². The van der Waals surface area contributed by atoms with Crippen LogP contribution in [0.4, 0.5) is 4.79 Å². The molecule has 1 fully saturated rings. The number of hydrogen-bond acceptors (Lipinski definition) is 2. The summed E-state index contributed by atoms with van der Waals surface area (Å²) in [7, 11) is 0. The summed E-state index contributed by atoms with van der Waals surface area (Å²) in [5.41, 5.74) is 0. The zero-order chi connectivity index (χ0) is 9.68. The molecule has 13 heavy (non-hydrogen) atoms. The van der Waals surface area contributed by atoms with Crippen LogP contribution in [0.25, 0.3) is 0 Å². The van der Waals surface area contributed by atoms with Crippen LogP contribution in [0.1, 0.15) is 12.8 Å². The van der Waals surface area contributed by atoms with Crippen LogP contribution in [0, 0.1) is 0 Å². The van der Waals surface area contributed by atoms with E-state index in [-0.39, 0.29) is 11.8 Å². The molecule has 72 valence electrons. The van der Waals surface area contributed by atoms with Crippen molar-refractivity contribution in [2.45, 2.75) is 12.8 Å². The van der Waals surface area contributed by atoms with Gasteiger partial charge in [-0.1, -0.05) is 6.08 Å². The van der Waals surface area contributed by atoms with Gasteiger partial charge < -0.3 is 10.2 Å². The van der Waals surface area contributed by atoms with Gasteiger partial charge in [0.05, 0.1) is 0 Å². The predicted molar refractivity (Wildman–Crippen MR) is 49.4 cm³/mol. The number of urea groups is 1. The van der Waals surface area contributed by atoms with Crippen LogP contribution in [-0.2, 0) is 4.79 Å². The van der Waals surface area contributed by atoms with Gasteiger partial charge >= 0.3 is 6.03 Å². The number of ketones is 1. The number of nitrogens with one attached hydrogen (secondary N) is 1. The number of Topliss-reactive ketones (excluding diaryl/α,β-unsaturated/α-hetero) is 1. The summed E-state index contributed by atoms with van der Waals surface area (Å²) in [6, 6.07) is -0.104. The first kappa shape index (κ1) is 9.77. The smallest absolute Gasteiger partial charge is 0.317 e. The number of carbonyl (C=O) groups is 2. The fourth-order valence-corrected chi connectivity index (χ4v) is 1.23. The summed E-state index contributed by atoms with van der Waals surface area (Å²) in [6.45, 7) is 5.06. The van der Waals surface area contributed by atoms with Crippen LogP contribution in [0.15, 0.2) is 12.7 Å². The number of likely N-dealkylation sites (tertiary alicyclic amines) is 1. The largest absolute Gasteiger partial charge is 0.335 e. The van der Waals surface area contributed by atoms with Crippen LogP contribution >= 0.6 is 0 Å². The summed E-state index contributed by atoms with van der Waals surface area (Å²) in [4.78, 5) is 23.8. The summed E-state index contributed by atoms with van der Waals surface area (Å²) < 4.78 is 0. The molecule has 0 aliphatic carbocycles. The molecule has 0 unspecified atom stereocenters. The van der Waals surface area contributed by atoms with Crippen LogP contribution in [0.2, 0.25) is 0 Å². The first-order valence-corrected chi connectivity index (χ1v) is 4.39. The van der Waals surface area contributed by atoms with Crippen molar-refractivity contribution in [1.82, 2.24) is 10.2 Å². The molecule has 4 nitrogen and oxygen atoms in total. The van der Waals surface area contributed by atoms with E-state index in [9.17, 15) is 9.59 Å². The monoisotopic (exact) mass is 182 g/mol. The third-order valence-electron chi connectivity index (χ3n) is 2.01. The van der Waals surface area contributed by atoms with Crippen LogP contribution in [0.5, 0.6) is 0 Å². The predicted octanol–water partition coefficient (Wildman–Crippen LogP) is 0.547. The Bertz CT molecular complexity index is 216. The lowest BCUT2D eigenvalue weighted by molar-refractivity contribution is -0.120. The van der Waals surface area contributed by atoms with E-state index in [1.165, 1.54) is 0 Å². The molecule has 0 aromatic rings. The Morgan fingerprint density at radius 2 is 2.15 bits per heavy atom. The maximum absolute atomic E-state index is 11.3. The number of hydrogen-bond donors (Lipinski definition) is 1. The zero-order valence-electron chi connectivity index (χ0n) is 7.58. The fourth-order valence-electron chi connectivity index (χ4n) is 1.23. The van der Waals surface area contributed by atoms with Gasteiger partial charge in [-0.25, -0.2) is 4.79 Å². The molecular weight excluding hydrogens is 168 g/mol. The quantitative estimate of drug-likeness (QED) is 0.634. The minimum Gasteiger partial charge on any atom is -0.335 e. The van der Waals surface area contributed by atoms with Crippen molar-refractivity contribution in [3.63, 3.8) is 0 Å². The normalized spacial score (nSPS) is 16.9. The van der Waals surface area contributed by atoms with Gasteiger partial charge in [-0.15, -0.1) is 6.58 Å². The van der Waals surface area contributed by atoms with E-state index in [1.54, 1.807) is 11.0 Å². The van der Waals surface area contributed by atoms with Crippen molar-refractivity contribution in [1.29, 1.82) is 0 Å². The lowest BCUT2D eigenvalue weighted by atomic mass is 10.1. The highest BCUT2D eigenvalue weighted by atomic mass is 16.2. The third kappa shape index (κ3) is 2.89. The maximum Gasteiger partial charge on any atom is 0.317 e. The van der Waals surface area contributed by atoms with E-state index in [1.807, 2.05) is 0 Å². The van der Waals surface area contributed by atoms with Crippen molar-refractivity contribution in [2.24, 2.45) is 0 Å². The minimum atomic E-state index is -0.104. The van der Waals surface area contributed by atoms with Gasteiger partial charge in [-0.3, -0.25) is 4.79 Å². The highest BCUT2D eigenvalue weighted by molar-refractivity contribution is 5.82. The molecular formula is C9H14N2O2. The second kappa shape index (κ2) is 4.64. The number of nitrogens with zero attached hydrogens (tertiary/aromatic N) is 1. The molecule has 0 bridgehead atoms. The van der Waals surface area contributed by atoms with Crippen LogP contribution in [0.3, 0.4) is 0 Å². The Kier molecular flexibility index (Phi) is 3.49. The molecule has 0 aromatic carbocycles. The average molecular weight is 182 g/mol. The van der Waals surface area contributed by atoms with E-state index in [0.29, 0.717) is 32.5 Å². The number of amides is 2. The van der Waals surface area contributed by atoms with Gasteiger partial charge in [0.15, 0.2) is 0 Å². The summed E-state index contributed by atoms with van der Waals surface area (Å²) in [6.07, 6.45) is 2.61. The van der Waals surface area contributed by atoms with Gasteiger partial charge in [-0.05, 0) is 0 Å². The SMILES string of the molecule is C=CCNC(=O)N1CCC(=O)CC1. The van der Waals surface area contributed by atoms with E-state index in [2.05, 4.69) is 11.9 Å². The van der Waals surface area contributed by atoms with Gasteiger partial charge in [0.2, 0.25) is 0 Å². The average Bonchev–Trinajstić information content (AvgIpc) is 2.15. The number of piperidine rings is 1. The van der Waals surface area contributed by atoms with Crippen LogP contribution in [-0.4, -0.2) is 36.3 Å². The molecule has 1 N–H and O–H groups in total. The molecule has 2 amide bonds. The van der Waals surface area contributed by atoms with Gasteiger partial charge in [0, 0.05) is 32.5 Å². The molecule has 4 heteroatoms. The Morgan fingerprint density at radius 1 is 1.54 bits per heavy atom. The lowest BCUT2D eigenvalue weighted by Crippen LogP contribution is -2.44. The fraction of sp³-hybridized carbons (Fsp3) is 0.556. The Hall–Kier alpha value is -1.32. The molecule has 0 atom stereocenters. The minimum absolute atomic E-state index is 0.104. The highest BCUT2D eigenvalue weighted by Crippen LogP contribution is 2.04. The standard InChI is InChI=1S/C9H14N2O2/c1-2-5-10-9(13)11-6-3-8(12)4-7-11/h2H,1,3-7H2,(H,10,13). The van der Waals surface area contributed by atoms with Gasteiger partial charge in [-0.2, -0.15) is 0 Å². The molecule has 0 saturated carbocycles. The first-order chi connectivity index (χ1) is 6.24. The summed E-state index contributed by atoms with van der Waals surface area (Å²) in [5.74, 6) is 0.243. The second-order valence-corrected chi connectivity index (χ2v) is 3.00. The van der Waals surface area contributed by atoms with E-state index in [4.69, 9.17) is 0 Å². The summed E-state index contributed by atoms with van der Waals surface area (Å²) in [5, 5.41) is 2.67. The molecule has 1 rings (SSSR count). The van der Waals surface area contributed by atoms with Crippen molar-refractivity contribution >= 4 is 11.8 Å². The second-order valence-electron chi connectivity index (χ2n) is 3.00. The molecule has 1 saturated heterocycles. The van der Waals surface area contributed by atoms with E-state index in [0.717, 1.165) is 0 Å². The number of carbonyl (C=O) groups excluding carboxylic acids is 2. The van der Waals surface area contributed by atoms with Crippen molar-refractivity contribution in [2.75, 3.05) is 19.6 Å². The first-order valence-electron chi connectivity index (χ1n) is 4.39. The van der Waals surface area contributed by atoms with Gasteiger partial charge in [0.25, 0.3) is 0 Å². The van der Waals surface area contributed by atoms with Crippen molar-refractivity contribution in [3.8, 4) is 0 Å². The van der Waals surface area contributed by atoms with E-state index < -0.39 is 0 Å². The number of rotatable bonds is 2. The molecule has 0 spiro atoms.